The molecule has 1 aliphatic carbocycles. The van der Waals surface area contributed by atoms with Crippen LogP contribution in [0.1, 0.15) is 51.9 Å². The third-order valence-electron chi connectivity index (χ3n) is 4.56. The molecule has 2 rings (SSSR count). The maximum absolute atomic E-state index is 12.6. The molecule has 0 spiro atoms. The first kappa shape index (κ1) is 15.3. The predicted molar refractivity (Wildman–Crippen MR) is 78.6 cm³/mol. The van der Waals surface area contributed by atoms with Crippen LogP contribution in [0, 0.1) is 5.92 Å². The molecule has 0 aromatic heterocycles. The van der Waals surface area contributed by atoms with Crippen molar-refractivity contribution in [3.8, 4) is 0 Å². The Balaban J connectivity index is 1.98. The van der Waals surface area contributed by atoms with Crippen LogP contribution in [0.3, 0.4) is 0 Å². The first-order chi connectivity index (χ1) is 9.13. The highest BCUT2D eigenvalue weighted by Gasteiger charge is 2.31. The zero-order valence-electron chi connectivity index (χ0n) is 12.1. The van der Waals surface area contributed by atoms with Gasteiger partial charge in [-0.3, -0.25) is 0 Å². The number of hydrogen-bond donors (Lipinski definition) is 1. The van der Waals surface area contributed by atoms with Gasteiger partial charge in [0.2, 0.25) is 10.0 Å². The molecule has 2 fully saturated rings. The van der Waals surface area contributed by atoms with E-state index in [1.165, 1.54) is 19.3 Å². The van der Waals surface area contributed by atoms with Gasteiger partial charge in [0.15, 0.2) is 0 Å². The minimum absolute atomic E-state index is 0.269. The van der Waals surface area contributed by atoms with E-state index in [9.17, 15) is 8.42 Å². The maximum Gasteiger partial charge on any atom is 0.214 e. The second-order valence-corrected chi connectivity index (χ2v) is 7.93. The van der Waals surface area contributed by atoms with Crippen LogP contribution in [0.5, 0.6) is 0 Å². The molecule has 112 valence electrons. The molecule has 1 aliphatic heterocycles. The fourth-order valence-electron chi connectivity index (χ4n) is 3.49. The smallest absolute Gasteiger partial charge is 0.214 e. The lowest BCUT2D eigenvalue weighted by Gasteiger charge is -2.34. The Kier molecular flexibility index (Phi) is 5.66. The van der Waals surface area contributed by atoms with Gasteiger partial charge in [0.1, 0.15) is 0 Å². The highest BCUT2D eigenvalue weighted by Crippen LogP contribution is 2.26. The summed E-state index contributed by atoms with van der Waals surface area (Å²) in [4.78, 5) is 0. The van der Waals surface area contributed by atoms with Crippen molar-refractivity contribution in [3.63, 3.8) is 0 Å². The van der Waals surface area contributed by atoms with E-state index < -0.39 is 10.0 Å². The standard InChI is InChI=1S/C14H28N2O2S/c1-2-16(14-6-4-3-5-7-14)19(17,18)12-13-8-10-15-11-9-13/h13-15H,2-12H2,1H3. The van der Waals surface area contributed by atoms with Crippen LogP contribution < -0.4 is 5.32 Å². The quantitative estimate of drug-likeness (QED) is 0.841. The molecule has 5 heteroatoms. The van der Waals surface area contributed by atoms with Crippen molar-refractivity contribution in [3.05, 3.63) is 0 Å². The number of rotatable bonds is 5. The molecular weight excluding hydrogens is 260 g/mol. The van der Waals surface area contributed by atoms with E-state index >= 15 is 0 Å². The number of sulfonamides is 1. The molecule has 0 radical (unpaired) electrons. The molecule has 19 heavy (non-hydrogen) atoms. The Bertz CT molecular complexity index is 358. The Morgan fingerprint density at radius 3 is 2.26 bits per heavy atom. The largest absolute Gasteiger partial charge is 0.317 e. The van der Waals surface area contributed by atoms with Crippen LogP contribution in [-0.4, -0.2) is 44.2 Å². The molecular formula is C14H28N2O2S. The van der Waals surface area contributed by atoms with Crippen LogP contribution in [-0.2, 0) is 10.0 Å². The maximum atomic E-state index is 12.6. The second-order valence-electron chi connectivity index (χ2n) is 5.97. The Morgan fingerprint density at radius 1 is 1.05 bits per heavy atom. The summed E-state index contributed by atoms with van der Waals surface area (Å²) in [6.45, 7) is 4.55. The summed E-state index contributed by atoms with van der Waals surface area (Å²) in [5, 5.41) is 3.30. The SMILES string of the molecule is CCN(C1CCCCC1)S(=O)(=O)CC1CCNCC1. The average molecular weight is 288 g/mol. The van der Waals surface area contributed by atoms with Crippen molar-refractivity contribution < 1.29 is 8.42 Å². The van der Waals surface area contributed by atoms with E-state index in [1.54, 1.807) is 4.31 Å². The molecule has 2 aliphatic rings. The lowest BCUT2D eigenvalue weighted by atomic mass is 9.95. The number of piperidine rings is 1. The van der Waals surface area contributed by atoms with E-state index in [4.69, 9.17) is 0 Å². The first-order valence-electron chi connectivity index (χ1n) is 7.83. The molecule has 0 unspecified atom stereocenters. The van der Waals surface area contributed by atoms with E-state index in [1.807, 2.05) is 6.92 Å². The van der Waals surface area contributed by atoms with Gasteiger partial charge in [0.05, 0.1) is 5.75 Å². The Labute approximate surface area is 118 Å². The van der Waals surface area contributed by atoms with Gasteiger partial charge in [-0.15, -0.1) is 0 Å². The van der Waals surface area contributed by atoms with Crippen molar-refractivity contribution in [2.45, 2.75) is 57.9 Å². The van der Waals surface area contributed by atoms with Crippen LogP contribution in [0.4, 0.5) is 0 Å². The van der Waals surface area contributed by atoms with Crippen molar-refractivity contribution >= 4 is 10.0 Å². The first-order valence-corrected chi connectivity index (χ1v) is 9.44. The molecule has 0 aromatic carbocycles. The number of hydrogen-bond acceptors (Lipinski definition) is 3. The summed E-state index contributed by atoms with van der Waals surface area (Å²) in [5.74, 6) is 0.711. The van der Waals surface area contributed by atoms with Crippen LogP contribution in [0.15, 0.2) is 0 Å². The lowest BCUT2D eigenvalue weighted by Crippen LogP contribution is -2.44. The van der Waals surface area contributed by atoms with Crippen LogP contribution in [0.25, 0.3) is 0 Å². The van der Waals surface area contributed by atoms with Gasteiger partial charge in [-0.05, 0) is 44.7 Å². The number of nitrogens with zero attached hydrogens (tertiary/aromatic N) is 1. The van der Waals surface area contributed by atoms with E-state index in [0.717, 1.165) is 38.8 Å². The normalized spacial score (nSPS) is 23.9. The summed E-state index contributed by atoms with van der Waals surface area (Å²) in [7, 11) is -3.07. The van der Waals surface area contributed by atoms with Gasteiger partial charge in [-0.2, -0.15) is 4.31 Å². The zero-order valence-corrected chi connectivity index (χ0v) is 12.9. The van der Waals surface area contributed by atoms with Gasteiger partial charge in [0.25, 0.3) is 0 Å². The highest BCUT2D eigenvalue weighted by atomic mass is 32.2. The van der Waals surface area contributed by atoms with E-state index in [0.29, 0.717) is 18.2 Å². The van der Waals surface area contributed by atoms with Crippen molar-refractivity contribution in [2.75, 3.05) is 25.4 Å². The van der Waals surface area contributed by atoms with Gasteiger partial charge in [0, 0.05) is 12.6 Å². The van der Waals surface area contributed by atoms with Crippen molar-refractivity contribution in [1.82, 2.24) is 9.62 Å². The molecule has 0 aromatic rings. The van der Waals surface area contributed by atoms with Crippen LogP contribution >= 0.6 is 0 Å². The van der Waals surface area contributed by atoms with E-state index in [-0.39, 0.29) is 6.04 Å². The molecule has 0 amide bonds. The molecule has 0 bridgehead atoms. The number of nitrogens with one attached hydrogen (secondary N) is 1. The third kappa shape index (κ3) is 4.17. The minimum Gasteiger partial charge on any atom is -0.317 e. The zero-order chi connectivity index (χ0) is 13.7. The van der Waals surface area contributed by atoms with Crippen molar-refractivity contribution in [1.29, 1.82) is 0 Å². The molecule has 0 atom stereocenters. The van der Waals surface area contributed by atoms with E-state index in [2.05, 4.69) is 5.32 Å². The molecule has 1 N–H and O–H groups in total. The fourth-order valence-corrected chi connectivity index (χ4v) is 5.67. The Morgan fingerprint density at radius 2 is 1.68 bits per heavy atom. The summed E-state index contributed by atoms with van der Waals surface area (Å²) >= 11 is 0. The Hall–Kier alpha value is -0.130. The monoisotopic (exact) mass is 288 g/mol. The fraction of sp³-hybridized carbons (Fsp3) is 1.00. The van der Waals surface area contributed by atoms with Gasteiger partial charge in [-0.1, -0.05) is 26.2 Å². The molecule has 1 saturated heterocycles. The second kappa shape index (κ2) is 7.04. The lowest BCUT2D eigenvalue weighted by molar-refractivity contribution is 0.258. The molecule has 1 saturated carbocycles. The highest BCUT2D eigenvalue weighted by molar-refractivity contribution is 7.89. The van der Waals surface area contributed by atoms with Gasteiger partial charge in [-0.25, -0.2) is 8.42 Å². The van der Waals surface area contributed by atoms with Crippen molar-refractivity contribution in [2.24, 2.45) is 5.92 Å². The summed E-state index contributed by atoms with van der Waals surface area (Å²) in [6.07, 6.45) is 7.75. The minimum atomic E-state index is -3.07. The molecule has 4 nitrogen and oxygen atoms in total. The van der Waals surface area contributed by atoms with Gasteiger partial charge < -0.3 is 5.32 Å². The van der Waals surface area contributed by atoms with Gasteiger partial charge >= 0.3 is 0 Å². The predicted octanol–water partition coefficient (Wildman–Crippen LogP) is 1.97. The molecule has 1 heterocycles. The average Bonchev–Trinajstić information content (AvgIpc) is 2.41. The summed E-state index contributed by atoms with van der Waals surface area (Å²) < 4.78 is 27.1. The van der Waals surface area contributed by atoms with Crippen LogP contribution in [0.2, 0.25) is 0 Å². The third-order valence-corrected chi connectivity index (χ3v) is 6.72. The summed E-state index contributed by atoms with van der Waals surface area (Å²) in [5.41, 5.74) is 0. The topological polar surface area (TPSA) is 49.4 Å². The summed E-state index contributed by atoms with van der Waals surface area (Å²) in [6, 6.07) is 0.269.